The Labute approximate surface area is 160 Å². The topological polar surface area (TPSA) is 62.2 Å². The molecule has 28 heavy (non-hydrogen) atoms. The Bertz CT molecular complexity index is 873. The third-order valence-electron chi connectivity index (χ3n) is 5.83. The van der Waals surface area contributed by atoms with E-state index in [-0.39, 0.29) is 12.5 Å². The highest BCUT2D eigenvalue weighted by Crippen LogP contribution is 2.56. The third-order valence-corrected chi connectivity index (χ3v) is 5.83. The number of hydrogen-bond donors (Lipinski definition) is 2. The molecule has 0 radical (unpaired) electrons. The summed E-state index contributed by atoms with van der Waals surface area (Å²) >= 11 is 0. The predicted molar refractivity (Wildman–Crippen MR) is 96.9 cm³/mol. The molecule has 0 spiro atoms. The number of alkyl halides is 3. The van der Waals surface area contributed by atoms with Gasteiger partial charge in [0.1, 0.15) is 0 Å². The number of nitrogens with zero attached hydrogens (tertiary/aromatic N) is 1. The number of aliphatic hydroxyl groups is 1. The molecule has 4 rings (SSSR count). The maximum atomic E-state index is 13.2. The summed E-state index contributed by atoms with van der Waals surface area (Å²) < 4.78 is 39.6. The number of nitrogens with one attached hydrogen (secondary N) is 1. The molecule has 2 saturated carbocycles. The lowest BCUT2D eigenvalue weighted by Gasteiger charge is -2.54. The maximum absolute atomic E-state index is 13.2. The van der Waals surface area contributed by atoms with Crippen LogP contribution in [0.15, 0.2) is 48.8 Å². The normalized spacial score (nSPS) is 27.1. The lowest BCUT2D eigenvalue weighted by Crippen LogP contribution is -2.65. The fourth-order valence-corrected chi connectivity index (χ4v) is 4.06. The molecule has 1 amide bonds. The van der Waals surface area contributed by atoms with Crippen molar-refractivity contribution in [3.8, 4) is 0 Å². The molecule has 2 aromatic rings. The van der Waals surface area contributed by atoms with E-state index in [2.05, 4.69) is 10.3 Å². The van der Waals surface area contributed by atoms with Crippen molar-refractivity contribution in [2.24, 2.45) is 0 Å². The minimum atomic E-state index is -4.70. The second kappa shape index (κ2) is 6.58. The number of carbonyl (C=O) groups is 1. The molecular weight excluding hydrogens is 369 g/mol. The Morgan fingerprint density at radius 3 is 2.46 bits per heavy atom. The third kappa shape index (κ3) is 3.39. The molecule has 0 saturated heterocycles. The Kier molecular flexibility index (Phi) is 4.45. The summed E-state index contributed by atoms with van der Waals surface area (Å²) in [6.45, 7) is 0.0158. The monoisotopic (exact) mass is 390 g/mol. The molecule has 2 aliphatic rings. The first-order valence-electron chi connectivity index (χ1n) is 9.30. The number of halogens is 3. The van der Waals surface area contributed by atoms with Gasteiger partial charge in [-0.05, 0) is 48.8 Å². The summed E-state index contributed by atoms with van der Waals surface area (Å²) in [5.74, 6) is 0.0806. The first-order chi connectivity index (χ1) is 13.2. The van der Waals surface area contributed by atoms with Crippen LogP contribution in [0.25, 0.3) is 0 Å². The summed E-state index contributed by atoms with van der Waals surface area (Å²) in [5.41, 5.74) is -1.59. The summed E-state index contributed by atoms with van der Waals surface area (Å²) in [6, 6.07) is 10.5. The molecule has 0 unspecified atom stereocenters. The van der Waals surface area contributed by atoms with Crippen molar-refractivity contribution in [3.05, 3.63) is 65.5 Å². The quantitative estimate of drug-likeness (QED) is 0.818. The number of pyridine rings is 1. The molecule has 1 heterocycles. The predicted octanol–water partition coefficient (Wildman–Crippen LogP) is 3.71. The standard InChI is InChI=1S/C21H21F3N2O2/c22-21(23,24)20(28)11-19(12-20,17-4-2-1-3-5-17)13-26-18(27)16-8-15(9-25-10-16)14-6-7-14/h1-5,8-10,14,28H,6-7,11-13H2,(H,26,27). The Balaban J connectivity index is 1.51. The van der Waals surface area contributed by atoms with Crippen molar-refractivity contribution in [2.45, 2.75) is 48.8 Å². The zero-order chi connectivity index (χ0) is 20.0. The van der Waals surface area contributed by atoms with Gasteiger partial charge in [-0.25, -0.2) is 0 Å². The van der Waals surface area contributed by atoms with Crippen molar-refractivity contribution in [2.75, 3.05) is 6.54 Å². The Hall–Kier alpha value is -2.41. The van der Waals surface area contributed by atoms with Crippen LogP contribution >= 0.6 is 0 Å². The molecule has 2 aliphatic carbocycles. The van der Waals surface area contributed by atoms with Crippen molar-refractivity contribution >= 4 is 5.91 Å². The number of hydrogen-bond acceptors (Lipinski definition) is 3. The average molecular weight is 390 g/mol. The van der Waals surface area contributed by atoms with Gasteiger partial charge in [0.15, 0.2) is 5.60 Å². The van der Waals surface area contributed by atoms with Gasteiger partial charge in [-0.2, -0.15) is 13.2 Å². The number of benzene rings is 1. The van der Waals surface area contributed by atoms with Crippen LogP contribution in [0.2, 0.25) is 0 Å². The van der Waals surface area contributed by atoms with Crippen LogP contribution in [0.3, 0.4) is 0 Å². The van der Waals surface area contributed by atoms with Crippen LogP contribution in [0.1, 0.15) is 53.1 Å². The van der Waals surface area contributed by atoms with E-state index in [4.69, 9.17) is 0 Å². The summed E-state index contributed by atoms with van der Waals surface area (Å²) in [5, 5.41) is 12.7. The van der Waals surface area contributed by atoms with Gasteiger partial charge in [0.25, 0.3) is 5.91 Å². The summed E-state index contributed by atoms with van der Waals surface area (Å²) in [4.78, 5) is 16.7. The highest BCUT2D eigenvalue weighted by Gasteiger charge is 2.67. The highest BCUT2D eigenvalue weighted by molar-refractivity contribution is 5.94. The van der Waals surface area contributed by atoms with E-state index < -0.39 is 30.0 Å². The molecule has 7 heteroatoms. The second-order valence-electron chi connectivity index (χ2n) is 7.99. The van der Waals surface area contributed by atoms with Crippen molar-refractivity contribution < 1.29 is 23.1 Å². The highest BCUT2D eigenvalue weighted by atomic mass is 19.4. The van der Waals surface area contributed by atoms with E-state index in [0.29, 0.717) is 17.0 Å². The van der Waals surface area contributed by atoms with Gasteiger partial charge in [0.05, 0.1) is 5.56 Å². The van der Waals surface area contributed by atoms with Gasteiger partial charge in [-0.1, -0.05) is 30.3 Å². The van der Waals surface area contributed by atoms with Crippen LogP contribution in [0.5, 0.6) is 0 Å². The minimum absolute atomic E-state index is 0.0158. The van der Waals surface area contributed by atoms with E-state index >= 15 is 0 Å². The van der Waals surface area contributed by atoms with Crippen molar-refractivity contribution in [3.63, 3.8) is 0 Å². The van der Waals surface area contributed by atoms with Gasteiger partial charge in [0, 0.05) is 24.4 Å². The van der Waals surface area contributed by atoms with Crippen LogP contribution in [0, 0.1) is 0 Å². The molecule has 0 bridgehead atoms. The summed E-state index contributed by atoms with van der Waals surface area (Å²) in [7, 11) is 0. The maximum Gasteiger partial charge on any atom is 0.417 e. The fraction of sp³-hybridized carbons (Fsp3) is 0.429. The largest absolute Gasteiger partial charge is 0.417 e. The lowest BCUT2D eigenvalue weighted by atomic mass is 9.55. The van der Waals surface area contributed by atoms with Crippen LogP contribution in [0.4, 0.5) is 13.2 Å². The molecule has 1 aromatic heterocycles. The number of amides is 1. The molecule has 2 N–H and O–H groups in total. The van der Waals surface area contributed by atoms with Gasteiger partial charge >= 0.3 is 6.18 Å². The molecule has 2 fully saturated rings. The molecule has 4 nitrogen and oxygen atoms in total. The number of aromatic nitrogens is 1. The van der Waals surface area contributed by atoms with Crippen molar-refractivity contribution in [1.82, 2.24) is 10.3 Å². The Morgan fingerprint density at radius 1 is 1.18 bits per heavy atom. The van der Waals surface area contributed by atoms with E-state index in [9.17, 15) is 23.1 Å². The van der Waals surface area contributed by atoms with Gasteiger partial charge in [-0.15, -0.1) is 0 Å². The van der Waals surface area contributed by atoms with E-state index in [1.807, 2.05) is 0 Å². The second-order valence-corrected chi connectivity index (χ2v) is 7.99. The average Bonchev–Trinajstić information content (AvgIpc) is 3.49. The number of carbonyl (C=O) groups excluding carboxylic acids is 1. The molecule has 0 aliphatic heterocycles. The molecule has 1 aromatic carbocycles. The van der Waals surface area contributed by atoms with Gasteiger partial charge in [-0.3, -0.25) is 9.78 Å². The summed E-state index contributed by atoms with van der Waals surface area (Å²) in [6.07, 6.45) is -0.279. The van der Waals surface area contributed by atoms with Crippen LogP contribution < -0.4 is 5.32 Å². The minimum Gasteiger partial charge on any atom is -0.380 e. The number of rotatable bonds is 5. The van der Waals surface area contributed by atoms with Gasteiger partial charge in [0.2, 0.25) is 0 Å². The van der Waals surface area contributed by atoms with Crippen LogP contribution in [-0.2, 0) is 5.41 Å². The van der Waals surface area contributed by atoms with E-state index in [0.717, 1.165) is 18.4 Å². The van der Waals surface area contributed by atoms with Crippen molar-refractivity contribution in [1.29, 1.82) is 0 Å². The van der Waals surface area contributed by atoms with E-state index in [1.165, 1.54) is 6.20 Å². The zero-order valence-electron chi connectivity index (χ0n) is 15.2. The molecular formula is C21H21F3N2O2. The zero-order valence-corrected chi connectivity index (χ0v) is 15.2. The van der Waals surface area contributed by atoms with Crippen LogP contribution in [-0.4, -0.2) is 34.3 Å². The Morgan fingerprint density at radius 2 is 1.86 bits per heavy atom. The lowest BCUT2D eigenvalue weighted by molar-refractivity contribution is -0.303. The first-order valence-corrected chi connectivity index (χ1v) is 9.30. The molecule has 148 valence electrons. The van der Waals surface area contributed by atoms with Gasteiger partial charge < -0.3 is 10.4 Å². The molecule has 0 atom stereocenters. The SMILES string of the molecule is O=C(NCC1(c2ccccc2)CC(O)(C(F)(F)F)C1)c1cncc(C2CC2)c1. The van der Waals surface area contributed by atoms with E-state index in [1.54, 1.807) is 42.6 Å². The fourth-order valence-electron chi connectivity index (χ4n) is 4.06. The smallest absolute Gasteiger partial charge is 0.380 e. The first kappa shape index (κ1) is 18.9.